The Morgan fingerprint density at radius 3 is 2.23 bits per heavy atom. The first-order valence-electron chi connectivity index (χ1n) is 10.2. The van der Waals surface area contributed by atoms with Crippen LogP contribution in [0, 0.1) is 0 Å². The fourth-order valence-electron chi connectivity index (χ4n) is 3.83. The maximum atomic E-state index is 12.5. The number of hydrogen-bond acceptors (Lipinski definition) is 3. The first-order chi connectivity index (χ1) is 14.7. The summed E-state index contributed by atoms with van der Waals surface area (Å²) >= 11 is 0. The Hall–Kier alpha value is -3.37. The van der Waals surface area contributed by atoms with E-state index in [1.807, 2.05) is 42.5 Å². The minimum Gasteiger partial charge on any atom is -0.468 e. The molecule has 4 nitrogen and oxygen atoms in total. The second kappa shape index (κ2) is 9.42. The third kappa shape index (κ3) is 4.61. The molecule has 0 saturated carbocycles. The Kier molecular flexibility index (Phi) is 6.26. The number of esters is 1. The van der Waals surface area contributed by atoms with Crippen LogP contribution in [0.25, 0.3) is 10.9 Å². The lowest BCUT2D eigenvalue weighted by atomic mass is 10.0. The van der Waals surface area contributed by atoms with Gasteiger partial charge in [0, 0.05) is 36.6 Å². The molecular formula is C26H26N2O2. The molecule has 1 atom stereocenters. The van der Waals surface area contributed by atoms with Gasteiger partial charge >= 0.3 is 5.97 Å². The van der Waals surface area contributed by atoms with Crippen LogP contribution in [0.5, 0.6) is 0 Å². The largest absolute Gasteiger partial charge is 0.468 e. The van der Waals surface area contributed by atoms with E-state index in [0.717, 1.165) is 17.7 Å². The molecule has 0 aliphatic carbocycles. The molecule has 30 heavy (non-hydrogen) atoms. The third-order valence-electron chi connectivity index (χ3n) is 5.37. The van der Waals surface area contributed by atoms with E-state index >= 15 is 0 Å². The van der Waals surface area contributed by atoms with Crippen LogP contribution < -0.4 is 5.32 Å². The monoisotopic (exact) mass is 398 g/mol. The topological polar surface area (TPSA) is 43.3 Å². The van der Waals surface area contributed by atoms with Crippen LogP contribution in [0.3, 0.4) is 0 Å². The van der Waals surface area contributed by atoms with E-state index in [0.29, 0.717) is 13.0 Å². The molecule has 152 valence electrons. The lowest BCUT2D eigenvalue weighted by molar-refractivity contribution is -0.143. The van der Waals surface area contributed by atoms with Crippen molar-refractivity contribution in [1.82, 2.24) is 9.88 Å². The van der Waals surface area contributed by atoms with Gasteiger partial charge < -0.3 is 14.6 Å². The summed E-state index contributed by atoms with van der Waals surface area (Å²) in [6, 6.07) is 28.4. The molecule has 0 radical (unpaired) electrons. The Balaban J connectivity index is 1.59. The Morgan fingerprint density at radius 1 is 0.900 bits per heavy atom. The third-order valence-corrected chi connectivity index (χ3v) is 5.37. The highest BCUT2D eigenvalue weighted by Gasteiger charge is 2.21. The van der Waals surface area contributed by atoms with Gasteiger partial charge in [0.05, 0.1) is 7.11 Å². The van der Waals surface area contributed by atoms with Crippen molar-refractivity contribution in [3.8, 4) is 0 Å². The zero-order valence-electron chi connectivity index (χ0n) is 17.1. The number of carbonyl (C=O) groups is 1. The highest BCUT2D eigenvalue weighted by atomic mass is 16.5. The van der Waals surface area contributed by atoms with Crippen LogP contribution in [0.4, 0.5) is 0 Å². The van der Waals surface area contributed by atoms with Gasteiger partial charge in [-0.15, -0.1) is 0 Å². The Labute approximate surface area is 177 Å². The van der Waals surface area contributed by atoms with E-state index in [1.54, 1.807) is 0 Å². The van der Waals surface area contributed by atoms with Crippen LogP contribution in [0.2, 0.25) is 0 Å². The molecule has 0 spiro atoms. The van der Waals surface area contributed by atoms with Gasteiger partial charge in [0.1, 0.15) is 6.04 Å². The number of ether oxygens (including phenoxy) is 1. The van der Waals surface area contributed by atoms with Crippen molar-refractivity contribution >= 4 is 16.9 Å². The maximum absolute atomic E-state index is 12.5. The second-order valence-corrected chi connectivity index (χ2v) is 7.43. The fourth-order valence-corrected chi connectivity index (χ4v) is 3.83. The quantitative estimate of drug-likeness (QED) is 0.443. The number of benzene rings is 3. The zero-order valence-corrected chi connectivity index (χ0v) is 17.1. The molecule has 4 heteroatoms. The number of rotatable bonds is 8. The first kappa shape index (κ1) is 19.9. The van der Waals surface area contributed by atoms with Gasteiger partial charge in [-0.25, -0.2) is 0 Å². The number of para-hydroxylation sites is 1. The molecule has 1 heterocycles. The molecule has 0 bridgehead atoms. The van der Waals surface area contributed by atoms with Gasteiger partial charge in [-0.2, -0.15) is 0 Å². The molecule has 4 aromatic rings. The average molecular weight is 399 g/mol. The summed E-state index contributed by atoms with van der Waals surface area (Å²) in [4.78, 5) is 12.5. The molecule has 0 aliphatic heterocycles. The summed E-state index contributed by atoms with van der Waals surface area (Å²) in [6.45, 7) is 1.41. The molecule has 0 aliphatic rings. The van der Waals surface area contributed by atoms with Gasteiger partial charge in [0.25, 0.3) is 0 Å². The maximum Gasteiger partial charge on any atom is 0.323 e. The number of methoxy groups -OCH3 is 1. The number of fused-ring (bicyclic) bond motifs is 1. The molecule has 4 rings (SSSR count). The van der Waals surface area contributed by atoms with Gasteiger partial charge in [0.2, 0.25) is 0 Å². The molecule has 0 saturated heterocycles. The van der Waals surface area contributed by atoms with Gasteiger partial charge in [-0.1, -0.05) is 78.9 Å². The van der Waals surface area contributed by atoms with E-state index in [9.17, 15) is 4.79 Å². The van der Waals surface area contributed by atoms with Crippen molar-refractivity contribution in [2.45, 2.75) is 25.6 Å². The van der Waals surface area contributed by atoms with E-state index in [2.05, 4.69) is 58.5 Å². The Morgan fingerprint density at radius 2 is 1.53 bits per heavy atom. The summed E-state index contributed by atoms with van der Waals surface area (Å²) in [7, 11) is 1.44. The Bertz CT molecular complexity index is 1100. The number of nitrogens with one attached hydrogen (secondary N) is 1. The summed E-state index contributed by atoms with van der Waals surface area (Å²) in [5.74, 6) is -0.245. The molecule has 3 aromatic carbocycles. The van der Waals surface area contributed by atoms with Crippen LogP contribution >= 0.6 is 0 Å². The normalized spacial score (nSPS) is 12.0. The smallest absolute Gasteiger partial charge is 0.323 e. The van der Waals surface area contributed by atoms with Gasteiger partial charge in [-0.3, -0.25) is 4.79 Å². The zero-order chi connectivity index (χ0) is 20.8. The molecule has 0 amide bonds. The van der Waals surface area contributed by atoms with Gasteiger partial charge in [-0.05, 0) is 22.8 Å². The number of nitrogens with zero attached hydrogens (tertiary/aromatic N) is 1. The summed E-state index contributed by atoms with van der Waals surface area (Å²) in [6.07, 6.45) is 2.74. The van der Waals surface area contributed by atoms with Gasteiger partial charge in [0.15, 0.2) is 0 Å². The van der Waals surface area contributed by atoms with Crippen molar-refractivity contribution in [2.24, 2.45) is 0 Å². The second-order valence-electron chi connectivity index (χ2n) is 7.43. The van der Waals surface area contributed by atoms with E-state index in [4.69, 9.17) is 4.74 Å². The molecular weight excluding hydrogens is 372 g/mol. The van der Waals surface area contributed by atoms with Crippen molar-refractivity contribution in [2.75, 3.05) is 7.11 Å². The number of carbonyl (C=O) groups excluding carboxylic acids is 1. The minimum absolute atomic E-state index is 0.245. The van der Waals surface area contributed by atoms with Crippen molar-refractivity contribution in [3.05, 3.63) is 108 Å². The van der Waals surface area contributed by atoms with Crippen LogP contribution in [0.1, 0.15) is 16.7 Å². The number of aromatic nitrogens is 1. The predicted octanol–water partition coefficient (Wildman–Crippen LogP) is 4.56. The highest BCUT2D eigenvalue weighted by Crippen LogP contribution is 2.24. The van der Waals surface area contributed by atoms with E-state index in [-0.39, 0.29) is 5.97 Å². The van der Waals surface area contributed by atoms with E-state index < -0.39 is 6.04 Å². The van der Waals surface area contributed by atoms with Crippen LogP contribution in [-0.4, -0.2) is 23.7 Å². The van der Waals surface area contributed by atoms with Crippen molar-refractivity contribution < 1.29 is 9.53 Å². The minimum atomic E-state index is -0.411. The summed E-state index contributed by atoms with van der Waals surface area (Å²) in [5.41, 5.74) is 4.69. The lowest BCUT2D eigenvalue weighted by Gasteiger charge is -2.16. The molecule has 1 unspecified atom stereocenters. The predicted molar refractivity (Wildman–Crippen MR) is 120 cm³/mol. The first-order valence-corrected chi connectivity index (χ1v) is 10.2. The highest BCUT2D eigenvalue weighted by molar-refractivity contribution is 5.85. The molecule has 0 fully saturated rings. The summed E-state index contributed by atoms with van der Waals surface area (Å²) in [5, 5.41) is 4.55. The van der Waals surface area contributed by atoms with Crippen molar-refractivity contribution in [1.29, 1.82) is 0 Å². The standard InChI is InChI=1S/C26H26N2O2/c1-30-26(29)24(27-17-20-10-4-2-5-11-20)16-22-19-28(18-21-12-6-3-7-13-21)25-15-9-8-14-23(22)25/h2-15,19,24,27H,16-18H2,1H3. The lowest BCUT2D eigenvalue weighted by Crippen LogP contribution is -2.39. The van der Waals surface area contributed by atoms with Crippen LogP contribution in [0.15, 0.2) is 91.1 Å². The molecule has 1 N–H and O–H groups in total. The SMILES string of the molecule is COC(=O)C(Cc1cn(Cc2ccccc2)c2ccccc12)NCc1ccccc1. The molecule has 1 aromatic heterocycles. The van der Waals surface area contributed by atoms with Crippen molar-refractivity contribution in [3.63, 3.8) is 0 Å². The van der Waals surface area contributed by atoms with E-state index in [1.165, 1.54) is 23.6 Å². The average Bonchev–Trinajstić information content (AvgIpc) is 3.14. The number of hydrogen-bond donors (Lipinski definition) is 1. The van der Waals surface area contributed by atoms with Crippen LogP contribution in [-0.2, 0) is 29.0 Å². The fraction of sp³-hybridized carbons (Fsp3) is 0.192. The summed E-state index contributed by atoms with van der Waals surface area (Å²) < 4.78 is 7.33.